The Morgan fingerprint density at radius 1 is 0.690 bits per heavy atom. The molecular formula is C24H44O5. The Labute approximate surface area is 179 Å². The molecule has 3 unspecified atom stereocenters. The summed E-state index contributed by atoms with van der Waals surface area (Å²) in [5.41, 5.74) is 0. The number of hydrogen-bond donors (Lipinski definition) is 0. The molecule has 170 valence electrons. The highest BCUT2D eigenvalue weighted by atomic mass is 16.6. The first-order valence-electron chi connectivity index (χ1n) is 11.8. The van der Waals surface area contributed by atoms with E-state index in [4.69, 9.17) is 30.1 Å². The maximum absolute atomic E-state index is 6.32. The van der Waals surface area contributed by atoms with Crippen LogP contribution >= 0.6 is 0 Å². The monoisotopic (exact) mass is 412 g/mol. The van der Waals surface area contributed by atoms with Crippen LogP contribution in [0.25, 0.3) is 0 Å². The molecular weight excluding hydrogens is 368 g/mol. The second-order valence-corrected chi connectivity index (χ2v) is 7.76. The van der Waals surface area contributed by atoms with E-state index >= 15 is 0 Å². The molecule has 1 heterocycles. The summed E-state index contributed by atoms with van der Waals surface area (Å²) >= 11 is 0. The van der Waals surface area contributed by atoms with Crippen molar-refractivity contribution >= 4 is 0 Å². The van der Waals surface area contributed by atoms with E-state index in [-0.39, 0.29) is 24.4 Å². The standard InChI is InChI=1S/C24H44O5/c1-6-11-15-25-19-21-23(27-17-13-8-3)24(28-18-14-9-4)22(20(10-5)29-21)26-16-12-7-2/h5,20-24H,6-9,11-19H2,1-4H3/t20-,21?,22?,23-,24?/m0/s1. The van der Waals surface area contributed by atoms with Crippen molar-refractivity contribution in [3.8, 4) is 12.3 Å². The fourth-order valence-corrected chi connectivity index (χ4v) is 3.29. The lowest BCUT2D eigenvalue weighted by Crippen LogP contribution is -2.61. The Kier molecular flexibility index (Phi) is 15.5. The molecule has 0 aromatic rings. The lowest BCUT2D eigenvalue weighted by Gasteiger charge is -2.44. The van der Waals surface area contributed by atoms with Crippen molar-refractivity contribution in [2.24, 2.45) is 0 Å². The third-order valence-corrected chi connectivity index (χ3v) is 5.15. The van der Waals surface area contributed by atoms with Gasteiger partial charge in [-0.1, -0.05) is 59.3 Å². The zero-order chi connectivity index (χ0) is 21.3. The molecule has 0 bridgehead atoms. The minimum Gasteiger partial charge on any atom is -0.379 e. The van der Waals surface area contributed by atoms with Crippen LogP contribution in [0.3, 0.4) is 0 Å². The fraction of sp³-hybridized carbons (Fsp3) is 0.917. The molecule has 1 aliphatic rings. The van der Waals surface area contributed by atoms with Gasteiger partial charge in [-0.15, -0.1) is 6.42 Å². The van der Waals surface area contributed by atoms with Crippen LogP contribution in [0.5, 0.6) is 0 Å². The van der Waals surface area contributed by atoms with Gasteiger partial charge in [0.05, 0.1) is 6.61 Å². The second kappa shape index (κ2) is 17.1. The molecule has 1 aliphatic heterocycles. The Bertz CT molecular complexity index is 422. The second-order valence-electron chi connectivity index (χ2n) is 7.76. The predicted molar refractivity (Wildman–Crippen MR) is 117 cm³/mol. The van der Waals surface area contributed by atoms with Crippen molar-refractivity contribution in [1.29, 1.82) is 0 Å². The van der Waals surface area contributed by atoms with Crippen LogP contribution in [0.2, 0.25) is 0 Å². The minimum atomic E-state index is -0.454. The Hall–Kier alpha value is -0.640. The Morgan fingerprint density at radius 3 is 1.69 bits per heavy atom. The average molecular weight is 413 g/mol. The molecule has 0 aromatic carbocycles. The van der Waals surface area contributed by atoms with Gasteiger partial charge in [-0.3, -0.25) is 0 Å². The molecule has 1 rings (SSSR count). The summed E-state index contributed by atoms with van der Waals surface area (Å²) in [6, 6.07) is 0. The molecule has 0 aliphatic carbocycles. The first-order valence-corrected chi connectivity index (χ1v) is 11.8. The van der Waals surface area contributed by atoms with E-state index in [1.165, 1.54) is 0 Å². The molecule has 1 fully saturated rings. The van der Waals surface area contributed by atoms with Crippen LogP contribution < -0.4 is 0 Å². The van der Waals surface area contributed by atoms with Crippen molar-refractivity contribution in [3.05, 3.63) is 0 Å². The molecule has 0 N–H and O–H groups in total. The highest BCUT2D eigenvalue weighted by Crippen LogP contribution is 2.29. The number of terminal acetylenes is 1. The largest absolute Gasteiger partial charge is 0.379 e. The molecule has 0 saturated carbocycles. The average Bonchev–Trinajstić information content (AvgIpc) is 2.73. The first-order chi connectivity index (χ1) is 14.2. The van der Waals surface area contributed by atoms with Gasteiger partial charge in [0.2, 0.25) is 0 Å². The summed E-state index contributed by atoms with van der Waals surface area (Å²) < 4.78 is 30.9. The molecule has 1 saturated heterocycles. The zero-order valence-corrected chi connectivity index (χ0v) is 19.2. The summed E-state index contributed by atoms with van der Waals surface area (Å²) in [4.78, 5) is 0. The quantitative estimate of drug-likeness (QED) is 0.255. The normalized spacial score (nSPS) is 27.1. The van der Waals surface area contributed by atoms with Gasteiger partial charge >= 0.3 is 0 Å². The van der Waals surface area contributed by atoms with Crippen LogP contribution in [-0.4, -0.2) is 63.6 Å². The molecule has 0 aromatic heterocycles. The van der Waals surface area contributed by atoms with Gasteiger partial charge in [0, 0.05) is 26.4 Å². The molecule has 5 nitrogen and oxygen atoms in total. The summed E-state index contributed by atoms with van der Waals surface area (Å²) in [5, 5.41) is 0. The summed E-state index contributed by atoms with van der Waals surface area (Å²) in [7, 11) is 0. The molecule has 0 radical (unpaired) electrons. The fourth-order valence-electron chi connectivity index (χ4n) is 3.29. The molecule has 0 amide bonds. The van der Waals surface area contributed by atoms with E-state index in [0.29, 0.717) is 26.4 Å². The van der Waals surface area contributed by atoms with Crippen molar-refractivity contribution < 1.29 is 23.7 Å². The van der Waals surface area contributed by atoms with Crippen LogP contribution in [0.15, 0.2) is 0 Å². The highest BCUT2D eigenvalue weighted by Gasteiger charge is 2.47. The topological polar surface area (TPSA) is 46.2 Å². The highest BCUT2D eigenvalue weighted by molar-refractivity contribution is 5.08. The smallest absolute Gasteiger partial charge is 0.147 e. The van der Waals surface area contributed by atoms with E-state index in [1.54, 1.807) is 0 Å². The van der Waals surface area contributed by atoms with Gasteiger partial charge < -0.3 is 23.7 Å². The Balaban J connectivity index is 2.94. The van der Waals surface area contributed by atoms with Crippen molar-refractivity contribution in [3.63, 3.8) is 0 Å². The SMILES string of the molecule is C#C[C@@H]1OC(COCCCC)[C@H](OCCCC)C(OCCCC)C1OCCCC. The number of ether oxygens (including phenoxy) is 5. The van der Waals surface area contributed by atoms with E-state index in [9.17, 15) is 0 Å². The van der Waals surface area contributed by atoms with Crippen molar-refractivity contribution in [1.82, 2.24) is 0 Å². The van der Waals surface area contributed by atoms with Gasteiger partial charge in [-0.05, 0) is 25.7 Å². The van der Waals surface area contributed by atoms with Crippen LogP contribution in [0.4, 0.5) is 0 Å². The number of hydrogen-bond acceptors (Lipinski definition) is 5. The summed E-state index contributed by atoms with van der Waals surface area (Å²) in [6.45, 7) is 11.8. The molecule has 29 heavy (non-hydrogen) atoms. The van der Waals surface area contributed by atoms with Gasteiger partial charge in [0.25, 0.3) is 0 Å². The van der Waals surface area contributed by atoms with Crippen LogP contribution in [-0.2, 0) is 23.7 Å². The van der Waals surface area contributed by atoms with E-state index < -0.39 is 6.10 Å². The van der Waals surface area contributed by atoms with Crippen molar-refractivity contribution in [2.75, 3.05) is 33.0 Å². The lowest BCUT2D eigenvalue weighted by atomic mass is 9.94. The van der Waals surface area contributed by atoms with E-state index in [1.807, 2.05) is 0 Å². The van der Waals surface area contributed by atoms with Gasteiger partial charge in [-0.2, -0.15) is 0 Å². The van der Waals surface area contributed by atoms with Crippen molar-refractivity contribution in [2.45, 2.75) is 110 Å². The Morgan fingerprint density at radius 2 is 1.17 bits per heavy atom. The zero-order valence-electron chi connectivity index (χ0n) is 19.2. The van der Waals surface area contributed by atoms with E-state index in [0.717, 1.165) is 58.0 Å². The molecule has 5 heteroatoms. The van der Waals surface area contributed by atoms with Gasteiger partial charge in [0.1, 0.15) is 30.5 Å². The number of unbranched alkanes of at least 4 members (excludes halogenated alkanes) is 4. The minimum absolute atomic E-state index is 0.240. The van der Waals surface area contributed by atoms with Crippen LogP contribution in [0, 0.1) is 12.3 Å². The third kappa shape index (κ3) is 9.81. The first kappa shape index (κ1) is 26.4. The summed E-state index contributed by atoms with van der Waals surface area (Å²) in [6.07, 6.45) is 12.7. The van der Waals surface area contributed by atoms with Gasteiger partial charge in [0.15, 0.2) is 0 Å². The maximum atomic E-state index is 6.32. The number of rotatable bonds is 17. The molecule has 0 spiro atoms. The van der Waals surface area contributed by atoms with Crippen LogP contribution in [0.1, 0.15) is 79.1 Å². The predicted octanol–water partition coefficient (Wildman–Crippen LogP) is 4.76. The van der Waals surface area contributed by atoms with Gasteiger partial charge in [-0.25, -0.2) is 0 Å². The molecule has 5 atom stereocenters. The third-order valence-electron chi connectivity index (χ3n) is 5.15. The summed E-state index contributed by atoms with van der Waals surface area (Å²) in [5.74, 6) is 2.78. The van der Waals surface area contributed by atoms with E-state index in [2.05, 4.69) is 33.6 Å². The lowest BCUT2D eigenvalue weighted by molar-refractivity contribution is -0.254. The maximum Gasteiger partial charge on any atom is 0.147 e.